The Morgan fingerprint density at radius 3 is 2.15 bits per heavy atom. The van der Waals surface area contributed by atoms with Crippen LogP contribution < -0.4 is 0 Å². The van der Waals surface area contributed by atoms with Crippen molar-refractivity contribution in [2.45, 2.75) is 70.1 Å². The largest absolute Gasteiger partial charge is 0.0657 e. The monoisotopic (exact) mass is 212 g/mol. The molecule has 13 heavy (non-hydrogen) atoms. The Bertz CT molecular complexity index is 94.1. The third-order valence-electron chi connectivity index (χ3n) is 2.14. The fraction of sp³-hybridized carbons (Fsp3) is 1.00. The summed E-state index contributed by atoms with van der Waals surface area (Å²) in [4.78, 5) is 0. The van der Waals surface area contributed by atoms with Gasteiger partial charge in [-0.2, -0.15) is 0 Å². The molecule has 76 valence electrons. The molecule has 0 aromatic heterocycles. The van der Waals surface area contributed by atoms with Gasteiger partial charge in [0, 0.05) is 19.0 Å². The Kier molecular flexibility index (Phi) is 10.9. The maximum atomic E-state index is 2.33. The normalized spacial score (nSPS) is 13.2. The van der Waals surface area contributed by atoms with Crippen molar-refractivity contribution in [3.05, 3.63) is 0 Å². The Morgan fingerprint density at radius 2 is 1.62 bits per heavy atom. The van der Waals surface area contributed by atoms with Gasteiger partial charge >= 0.3 is 0 Å². The summed E-state index contributed by atoms with van der Waals surface area (Å²) < 4.78 is 0. The zero-order valence-electron chi connectivity index (χ0n) is 9.53. The molecule has 0 amide bonds. The van der Waals surface area contributed by atoms with E-state index in [-0.39, 0.29) is 0 Å². The molecule has 0 aliphatic rings. The van der Waals surface area contributed by atoms with E-state index in [9.17, 15) is 0 Å². The first kappa shape index (κ1) is 13.4. The molecule has 0 rings (SSSR count). The lowest BCUT2D eigenvalue weighted by atomic mass is 10.3. The summed E-state index contributed by atoms with van der Waals surface area (Å²) in [7, 11) is 2.49. The zero-order valence-corrected chi connectivity index (χ0v) is 11.5. The lowest BCUT2D eigenvalue weighted by Gasteiger charge is -2.13. The van der Waals surface area contributed by atoms with E-state index in [0.717, 1.165) is 5.54 Å². The van der Waals surface area contributed by atoms with Crippen LogP contribution >= 0.6 is 0 Å². The molecule has 0 saturated heterocycles. The van der Waals surface area contributed by atoms with Crippen LogP contribution in [0.2, 0.25) is 23.7 Å². The molecule has 0 fully saturated rings. The fourth-order valence-corrected chi connectivity index (χ4v) is 4.74. The van der Waals surface area contributed by atoms with E-state index in [1.54, 1.807) is 0 Å². The smallest absolute Gasteiger partial charge is 0.0410 e. The van der Waals surface area contributed by atoms with E-state index in [4.69, 9.17) is 0 Å². The van der Waals surface area contributed by atoms with Gasteiger partial charge in [0.25, 0.3) is 0 Å². The molecule has 4 radical (unpaired) electrons. The third kappa shape index (κ3) is 8.76. The Labute approximate surface area is 89.5 Å². The van der Waals surface area contributed by atoms with Crippen molar-refractivity contribution in [3.8, 4) is 0 Å². The lowest BCUT2D eigenvalue weighted by Crippen LogP contribution is -2.06. The molecule has 0 nitrogen and oxygen atoms in total. The Balaban J connectivity index is 3.41. The second kappa shape index (κ2) is 10.5. The van der Waals surface area contributed by atoms with Crippen molar-refractivity contribution in [1.29, 1.82) is 0 Å². The highest BCUT2D eigenvalue weighted by Crippen LogP contribution is 2.19. The zero-order chi connectivity index (χ0) is 9.94. The minimum absolute atomic E-state index is 1.08. The molecule has 0 aromatic carbocycles. The fourth-order valence-electron chi connectivity index (χ4n) is 1.43. The van der Waals surface area contributed by atoms with Crippen molar-refractivity contribution in [2.75, 3.05) is 0 Å². The molecule has 1 atom stereocenters. The summed E-state index contributed by atoms with van der Waals surface area (Å²) in [5.41, 5.74) is 1.08. The molecule has 2 heteroatoms. The van der Waals surface area contributed by atoms with Gasteiger partial charge in [-0.3, -0.25) is 0 Å². The number of hydrogen-bond donors (Lipinski definition) is 0. The predicted octanol–water partition coefficient (Wildman–Crippen LogP) is 4.06. The molecule has 0 aliphatic heterocycles. The van der Waals surface area contributed by atoms with Crippen molar-refractivity contribution in [2.24, 2.45) is 0 Å². The van der Waals surface area contributed by atoms with Gasteiger partial charge in [-0.1, -0.05) is 70.1 Å². The van der Waals surface area contributed by atoms with Crippen LogP contribution in [0, 0.1) is 0 Å². The second-order valence-electron chi connectivity index (χ2n) is 3.64. The van der Waals surface area contributed by atoms with E-state index in [0.29, 0.717) is 0 Å². The van der Waals surface area contributed by atoms with Crippen molar-refractivity contribution in [1.82, 2.24) is 0 Å². The van der Waals surface area contributed by atoms with E-state index < -0.39 is 0 Å². The van der Waals surface area contributed by atoms with Crippen molar-refractivity contribution < 1.29 is 0 Å². The Morgan fingerprint density at radius 1 is 0.923 bits per heavy atom. The Hall–Kier alpha value is 0.434. The average molecular weight is 212 g/mol. The summed E-state index contributed by atoms with van der Waals surface area (Å²) in [6.07, 6.45) is 5.64. The van der Waals surface area contributed by atoms with Crippen LogP contribution in [0.3, 0.4) is 0 Å². The number of rotatable bonds is 9. The van der Waals surface area contributed by atoms with Crippen LogP contribution in [-0.4, -0.2) is 19.0 Å². The molecule has 0 aromatic rings. The summed E-state index contributed by atoms with van der Waals surface area (Å²) >= 11 is 0. The van der Waals surface area contributed by atoms with Gasteiger partial charge < -0.3 is 0 Å². The molecule has 0 bridgehead atoms. The molecule has 0 saturated carbocycles. The van der Waals surface area contributed by atoms with Crippen LogP contribution in [-0.2, 0) is 0 Å². The first-order valence-corrected chi connectivity index (χ1v) is 8.49. The van der Waals surface area contributed by atoms with Crippen LogP contribution in [0.4, 0.5) is 0 Å². The van der Waals surface area contributed by atoms with E-state index in [1.165, 1.54) is 62.9 Å². The summed E-state index contributed by atoms with van der Waals surface area (Å²) in [5, 5.41) is 0. The first-order valence-electron chi connectivity index (χ1n) is 5.79. The number of hydrogen-bond acceptors (Lipinski definition) is 0. The van der Waals surface area contributed by atoms with Gasteiger partial charge in [0.1, 0.15) is 0 Å². The minimum Gasteiger partial charge on any atom is -0.0657 e. The second-order valence-corrected chi connectivity index (χ2v) is 6.78. The SMILES string of the molecule is CCC[Si]CC(CCC)[Si]CCC. The van der Waals surface area contributed by atoms with Crippen molar-refractivity contribution >= 4 is 19.0 Å². The highest BCUT2D eigenvalue weighted by molar-refractivity contribution is 6.43. The average Bonchev–Trinajstić information content (AvgIpc) is 2.14. The summed E-state index contributed by atoms with van der Waals surface area (Å²) in [5.74, 6) is 0. The lowest BCUT2D eigenvalue weighted by molar-refractivity contribution is 0.753. The van der Waals surface area contributed by atoms with Gasteiger partial charge in [-0.25, -0.2) is 0 Å². The van der Waals surface area contributed by atoms with Crippen LogP contribution in [0.25, 0.3) is 0 Å². The third-order valence-corrected chi connectivity index (χ3v) is 6.04. The molecular formula is C11H24Si2. The molecule has 0 aliphatic carbocycles. The van der Waals surface area contributed by atoms with Gasteiger partial charge in [-0.15, -0.1) is 0 Å². The summed E-state index contributed by atoms with van der Waals surface area (Å²) in [6, 6.07) is 4.47. The van der Waals surface area contributed by atoms with Crippen LogP contribution in [0.15, 0.2) is 0 Å². The maximum absolute atomic E-state index is 2.33. The van der Waals surface area contributed by atoms with Crippen LogP contribution in [0.1, 0.15) is 46.5 Å². The van der Waals surface area contributed by atoms with E-state index >= 15 is 0 Å². The molecule has 1 unspecified atom stereocenters. The van der Waals surface area contributed by atoms with E-state index in [2.05, 4.69) is 20.8 Å². The summed E-state index contributed by atoms with van der Waals surface area (Å²) in [6.45, 7) is 6.94. The van der Waals surface area contributed by atoms with Gasteiger partial charge in [0.05, 0.1) is 0 Å². The van der Waals surface area contributed by atoms with Gasteiger partial charge in [0.2, 0.25) is 0 Å². The molecule has 0 spiro atoms. The molecule has 0 heterocycles. The molecule has 0 N–H and O–H groups in total. The molecular weight excluding hydrogens is 188 g/mol. The quantitative estimate of drug-likeness (QED) is 0.399. The first-order chi connectivity index (χ1) is 6.35. The predicted molar refractivity (Wildman–Crippen MR) is 65.2 cm³/mol. The highest BCUT2D eigenvalue weighted by Gasteiger charge is 2.07. The minimum atomic E-state index is 1.08. The maximum Gasteiger partial charge on any atom is 0.0410 e. The highest BCUT2D eigenvalue weighted by atomic mass is 28.2. The topological polar surface area (TPSA) is 0 Å². The van der Waals surface area contributed by atoms with Gasteiger partial charge in [-0.05, 0) is 0 Å². The van der Waals surface area contributed by atoms with Crippen LogP contribution in [0.5, 0.6) is 0 Å². The van der Waals surface area contributed by atoms with Gasteiger partial charge in [0.15, 0.2) is 0 Å². The van der Waals surface area contributed by atoms with E-state index in [1.807, 2.05) is 0 Å². The van der Waals surface area contributed by atoms with Crippen molar-refractivity contribution in [3.63, 3.8) is 0 Å². The standard InChI is InChI=1S/C11H24Si2/c1-4-7-11(13-9-6-3)10-12-8-5-2/h11H,4-10H2,1-3H3.